The van der Waals surface area contributed by atoms with Crippen molar-refractivity contribution in [3.8, 4) is 0 Å². The molecule has 1 saturated carbocycles. The first-order valence-electron chi connectivity index (χ1n) is 6.26. The molecule has 0 spiro atoms. The number of hydrogen-bond acceptors (Lipinski definition) is 2. The van der Waals surface area contributed by atoms with Gasteiger partial charge in [0.25, 0.3) is 0 Å². The summed E-state index contributed by atoms with van der Waals surface area (Å²) in [5, 5.41) is 16.9. The average molecular weight is 240 g/mol. The zero-order valence-corrected chi connectivity index (χ0v) is 10.0. The van der Waals surface area contributed by atoms with Crippen molar-refractivity contribution in [3.63, 3.8) is 0 Å². The maximum atomic E-state index is 10.4. The van der Waals surface area contributed by atoms with Crippen LogP contribution in [0.4, 0.5) is 0 Å². The number of rotatable bonds is 2. The molecule has 0 amide bonds. The van der Waals surface area contributed by atoms with E-state index in [1.165, 1.54) is 6.42 Å². The summed E-state index contributed by atoms with van der Waals surface area (Å²) in [5.41, 5.74) is 0.588. The van der Waals surface area contributed by atoms with Crippen molar-refractivity contribution in [3.05, 3.63) is 11.6 Å². The highest BCUT2D eigenvalue weighted by Crippen LogP contribution is 2.23. The lowest BCUT2D eigenvalue weighted by molar-refractivity contribution is -0.142. The first kappa shape index (κ1) is 13.7. The molecule has 4 heteroatoms. The second-order valence-corrected chi connectivity index (χ2v) is 4.60. The molecule has 0 aliphatic heterocycles. The third kappa shape index (κ3) is 5.02. The van der Waals surface area contributed by atoms with Crippen LogP contribution in [0.15, 0.2) is 11.6 Å². The Bertz CT molecular complexity index is 301. The molecule has 4 nitrogen and oxygen atoms in total. The van der Waals surface area contributed by atoms with Gasteiger partial charge >= 0.3 is 11.9 Å². The summed E-state index contributed by atoms with van der Waals surface area (Å²) in [6.45, 7) is 0. The maximum Gasteiger partial charge on any atom is 0.331 e. The number of hydrogen-bond donors (Lipinski definition) is 2. The number of carbonyl (C=O) groups is 2. The number of carboxylic acid groups (broad SMARTS) is 2. The Balaban J connectivity index is 0.000000171. The van der Waals surface area contributed by atoms with Crippen LogP contribution in [-0.2, 0) is 9.59 Å². The van der Waals surface area contributed by atoms with Crippen molar-refractivity contribution < 1.29 is 19.8 Å². The Morgan fingerprint density at radius 1 is 1.06 bits per heavy atom. The third-order valence-electron chi connectivity index (χ3n) is 3.27. The van der Waals surface area contributed by atoms with Crippen LogP contribution in [-0.4, -0.2) is 22.2 Å². The predicted octanol–water partition coefficient (Wildman–Crippen LogP) is 2.83. The maximum absolute atomic E-state index is 10.4. The first-order valence-corrected chi connectivity index (χ1v) is 6.26. The SMILES string of the molecule is O=C(O)C1=CCCC1.O=C(O)C1CCCCC1. The molecule has 0 aromatic carbocycles. The van der Waals surface area contributed by atoms with E-state index in [-0.39, 0.29) is 5.92 Å². The second-order valence-electron chi connectivity index (χ2n) is 4.60. The van der Waals surface area contributed by atoms with Gasteiger partial charge in [0.1, 0.15) is 0 Å². The molecule has 2 aliphatic rings. The molecule has 0 bridgehead atoms. The van der Waals surface area contributed by atoms with E-state index in [4.69, 9.17) is 10.2 Å². The lowest BCUT2D eigenvalue weighted by Crippen LogP contribution is -2.16. The van der Waals surface area contributed by atoms with E-state index >= 15 is 0 Å². The minimum atomic E-state index is -0.748. The average Bonchev–Trinajstić information content (AvgIpc) is 2.84. The van der Waals surface area contributed by atoms with Crippen LogP contribution < -0.4 is 0 Å². The highest BCUT2D eigenvalue weighted by atomic mass is 16.4. The van der Waals surface area contributed by atoms with Crippen LogP contribution >= 0.6 is 0 Å². The molecule has 1 fully saturated rings. The number of aliphatic carboxylic acids is 2. The van der Waals surface area contributed by atoms with Crippen molar-refractivity contribution in [1.82, 2.24) is 0 Å². The van der Waals surface area contributed by atoms with Gasteiger partial charge in [0, 0.05) is 5.57 Å². The predicted molar refractivity (Wildman–Crippen MR) is 63.8 cm³/mol. The van der Waals surface area contributed by atoms with E-state index < -0.39 is 11.9 Å². The van der Waals surface area contributed by atoms with Gasteiger partial charge in [-0.05, 0) is 32.1 Å². The first-order chi connectivity index (χ1) is 8.11. The van der Waals surface area contributed by atoms with Crippen LogP contribution in [0.2, 0.25) is 0 Å². The van der Waals surface area contributed by atoms with E-state index in [2.05, 4.69) is 0 Å². The van der Waals surface area contributed by atoms with Gasteiger partial charge in [-0.3, -0.25) is 4.79 Å². The molecule has 0 saturated heterocycles. The van der Waals surface area contributed by atoms with Crippen molar-refractivity contribution in [1.29, 1.82) is 0 Å². The normalized spacial score (nSPS) is 20.1. The summed E-state index contributed by atoms with van der Waals surface area (Å²) in [6, 6.07) is 0. The van der Waals surface area contributed by atoms with Crippen molar-refractivity contribution in [2.75, 3.05) is 0 Å². The monoisotopic (exact) mass is 240 g/mol. The summed E-state index contributed by atoms with van der Waals surface area (Å²) in [7, 11) is 0. The molecule has 2 N–H and O–H groups in total. The highest BCUT2D eigenvalue weighted by Gasteiger charge is 2.19. The number of carboxylic acids is 2. The van der Waals surface area contributed by atoms with E-state index in [0.717, 1.165) is 44.9 Å². The molecule has 2 aliphatic carbocycles. The smallest absolute Gasteiger partial charge is 0.331 e. The zero-order chi connectivity index (χ0) is 12.7. The van der Waals surface area contributed by atoms with Crippen LogP contribution in [0.3, 0.4) is 0 Å². The van der Waals surface area contributed by atoms with Gasteiger partial charge in [0.15, 0.2) is 0 Å². The Morgan fingerprint density at radius 3 is 2.00 bits per heavy atom. The molecule has 0 radical (unpaired) electrons. The van der Waals surface area contributed by atoms with Crippen LogP contribution in [0.1, 0.15) is 51.4 Å². The van der Waals surface area contributed by atoms with E-state index in [1.807, 2.05) is 0 Å². The molecule has 0 aromatic heterocycles. The fraction of sp³-hybridized carbons (Fsp3) is 0.692. The Kier molecular flexibility index (Phi) is 5.73. The summed E-state index contributed by atoms with van der Waals surface area (Å²) in [5.74, 6) is -1.38. The lowest BCUT2D eigenvalue weighted by atomic mass is 9.90. The fourth-order valence-electron chi connectivity index (χ4n) is 2.21. The van der Waals surface area contributed by atoms with Gasteiger partial charge in [-0.2, -0.15) is 0 Å². The lowest BCUT2D eigenvalue weighted by Gasteiger charge is -2.16. The molecule has 0 unspecified atom stereocenters. The molecule has 2 rings (SSSR count). The van der Waals surface area contributed by atoms with E-state index in [0.29, 0.717) is 5.57 Å². The summed E-state index contributed by atoms with van der Waals surface area (Å²) < 4.78 is 0. The molecule has 0 aromatic rings. The van der Waals surface area contributed by atoms with Crippen molar-refractivity contribution >= 4 is 11.9 Å². The summed E-state index contributed by atoms with van der Waals surface area (Å²) in [4.78, 5) is 20.5. The number of allylic oxidation sites excluding steroid dienone is 1. The van der Waals surface area contributed by atoms with Crippen LogP contribution in [0, 0.1) is 5.92 Å². The van der Waals surface area contributed by atoms with Crippen molar-refractivity contribution in [2.24, 2.45) is 5.92 Å². The van der Waals surface area contributed by atoms with E-state index in [1.54, 1.807) is 6.08 Å². The summed E-state index contributed by atoms with van der Waals surface area (Å²) in [6.07, 6.45) is 9.75. The largest absolute Gasteiger partial charge is 0.481 e. The Labute approximate surface area is 101 Å². The van der Waals surface area contributed by atoms with Gasteiger partial charge in [-0.25, -0.2) is 4.79 Å². The molecule has 0 heterocycles. The Morgan fingerprint density at radius 2 is 1.71 bits per heavy atom. The van der Waals surface area contributed by atoms with Crippen molar-refractivity contribution in [2.45, 2.75) is 51.4 Å². The third-order valence-corrected chi connectivity index (χ3v) is 3.27. The molecule has 17 heavy (non-hydrogen) atoms. The van der Waals surface area contributed by atoms with Gasteiger partial charge in [-0.1, -0.05) is 25.3 Å². The van der Waals surface area contributed by atoms with Crippen LogP contribution in [0.5, 0.6) is 0 Å². The van der Waals surface area contributed by atoms with Gasteiger partial charge < -0.3 is 10.2 Å². The quantitative estimate of drug-likeness (QED) is 0.778. The van der Waals surface area contributed by atoms with Gasteiger partial charge in [-0.15, -0.1) is 0 Å². The van der Waals surface area contributed by atoms with Gasteiger partial charge in [0.05, 0.1) is 5.92 Å². The Hall–Kier alpha value is -1.32. The second kappa shape index (κ2) is 7.09. The topological polar surface area (TPSA) is 74.6 Å². The van der Waals surface area contributed by atoms with E-state index in [9.17, 15) is 9.59 Å². The molecule has 0 atom stereocenters. The minimum Gasteiger partial charge on any atom is -0.481 e. The summed E-state index contributed by atoms with van der Waals surface area (Å²) >= 11 is 0. The van der Waals surface area contributed by atoms with Gasteiger partial charge in [0.2, 0.25) is 0 Å². The fourth-order valence-corrected chi connectivity index (χ4v) is 2.21. The molecular formula is C13H20O4. The molecular weight excluding hydrogens is 220 g/mol. The highest BCUT2D eigenvalue weighted by molar-refractivity contribution is 5.86. The zero-order valence-electron chi connectivity index (χ0n) is 10.0. The van der Waals surface area contributed by atoms with Crippen LogP contribution in [0.25, 0.3) is 0 Å². The minimum absolute atomic E-state index is 0.0289. The molecule has 96 valence electrons. The standard InChI is InChI=1S/C7H12O2.C6H8O2/c8-7(9)6-4-2-1-3-5-6;7-6(8)5-3-1-2-4-5/h6H,1-5H2,(H,8,9);3H,1-2,4H2,(H,7,8).